The average Bonchev–Trinajstić information content (AvgIpc) is 3.00. The molecule has 130 valence electrons. The Balaban J connectivity index is 1.96. The number of benzene rings is 2. The summed E-state index contributed by atoms with van der Waals surface area (Å²) in [5, 5.41) is 11.3. The number of hydrogen-bond acceptors (Lipinski definition) is 3. The second-order valence-corrected chi connectivity index (χ2v) is 5.42. The van der Waals surface area contributed by atoms with Crippen LogP contribution in [0.15, 0.2) is 36.4 Å². The van der Waals surface area contributed by atoms with E-state index >= 15 is 0 Å². The molecule has 25 heavy (non-hydrogen) atoms. The van der Waals surface area contributed by atoms with E-state index in [-0.39, 0.29) is 17.7 Å². The van der Waals surface area contributed by atoms with Crippen LogP contribution in [0.3, 0.4) is 0 Å². The van der Waals surface area contributed by atoms with Crippen LogP contribution in [0.4, 0.5) is 13.6 Å². The molecule has 0 spiro atoms. The van der Waals surface area contributed by atoms with E-state index in [2.05, 4.69) is 15.3 Å². The van der Waals surface area contributed by atoms with Crippen LogP contribution in [0.1, 0.15) is 17.4 Å². The molecule has 3 N–H and O–H groups in total. The number of methoxy groups -OCH3 is 1. The minimum absolute atomic E-state index is 0.0116. The number of carboxylic acid groups (broad SMARTS) is 1. The topological polar surface area (TPSA) is 87.2 Å². The lowest BCUT2D eigenvalue weighted by atomic mass is 10.0. The Hall–Kier alpha value is -3.16. The van der Waals surface area contributed by atoms with Crippen LogP contribution < -0.4 is 10.1 Å². The Morgan fingerprint density at radius 1 is 1.32 bits per heavy atom. The van der Waals surface area contributed by atoms with Gasteiger partial charge in [0.2, 0.25) is 0 Å². The number of nitrogens with zero attached hydrogens (tertiary/aromatic N) is 1. The molecular formula is C17H15F2N3O3. The molecule has 0 fully saturated rings. The Bertz CT molecular complexity index is 894. The van der Waals surface area contributed by atoms with E-state index in [1.165, 1.54) is 7.11 Å². The first-order valence-corrected chi connectivity index (χ1v) is 7.44. The number of aromatic nitrogens is 2. The lowest BCUT2D eigenvalue weighted by molar-refractivity contribution is 0.189. The van der Waals surface area contributed by atoms with Gasteiger partial charge in [-0.15, -0.1) is 0 Å². The van der Waals surface area contributed by atoms with Crippen LogP contribution in [-0.2, 0) is 6.42 Å². The summed E-state index contributed by atoms with van der Waals surface area (Å²) in [6.45, 7) is 0. The number of fused-ring (bicyclic) bond motifs is 1. The van der Waals surface area contributed by atoms with Gasteiger partial charge in [0.05, 0.1) is 24.2 Å². The van der Waals surface area contributed by atoms with E-state index in [0.717, 1.165) is 17.6 Å². The summed E-state index contributed by atoms with van der Waals surface area (Å²) >= 11 is 0. The van der Waals surface area contributed by atoms with Crippen molar-refractivity contribution >= 4 is 17.1 Å². The molecule has 1 amide bonds. The molecule has 3 aromatic rings. The minimum atomic E-state index is -1.29. The van der Waals surface area contributed by atoms with Gasteiger partial charge in [0.15, 0.2) is 11.6 Å². The van der Waals surface area contributed by atoms with E-state index in [1.54, 1.807) is 18.2 Å². The van der Waals surface area contributed by atoms with Crippen LogP contribution in [0.2, 0.25) is 0 Å². The highest BCUT2D eigenvalue weighted by Crippen LogP contribution is 2.26. The smallest absolute Gasteiger partial charge is 0.405 e. The van der Waals surface area contributed by atoms with Gasteiger partial charge in [0.1, 0.15) is 11.6 Å². The van der Waals surface area contributed by atoms with Crippen LogP contribution in [-0.4, -0.2) is 28.3 Å². The zero-order chi connectivity index (χ0) is 18.0. The normalized spacial score (nSPS) is 12.1. The molecule has 0 aliphatic carbocycles. The van der Waals surface area contributed by atoms with Gasteiger partial charge in [-0.1, -0.05) is 12.1 Å². The number of amides is 1. The molecule has 1 atom stereocenters. The fraction of sp³-hybridized carbons (Fsp3) is 0.176. The first kappa shape index (κ1) is 16.7. The van der Waals surface area contributed by atoms with Crippen molar-refractivity contribution in [2.45, 2.75) is 12.5 Å². The van der Waals surface area contributed by atoms with Crippen molar-refractivity contribution in [1.82, 2.24) is 15.3 Å². The Kier molecular flexibility index (Phi) is 4.51. The third kappa shape index (κ3) is 3.52. The van der Waals surface area contributed by atoms with Gasteiger partial charge in [-0.2, -0.15) is 0 Å². The summed E-state index contributed by atoms with van der Waals surface area (Å²) in [5.41, 5.74) is 1.38. The van der Waals surface area contributed by atoms with E-state index in [1.807, 2.05) is 6.07 Å². The Labute approximate surface area is 141 Å². The molecule has 1 heterocycles. The number of ether oxygens (including phenoxy) is 1. The standard InChI is InChI=1S/C17H15F2N3O3/c1-25-15-8-10(18)9(6-11(15)19)7-14(22-17(23)24)16-20-12-4-2-3-5-13(12)21-16/h2-6,8,14,22H,7H2,1H3,(H,20,21)(H,23,24). The number of hydrogen-bond donors (Lipinski definition) is 3. The summed E-state index contributed by atoms with van der Waals surface area (Å²) < 4.78 is 32.8. The number of aromatic amines is 1. The summed E-state index contributed by atoms with van der Waals surface area (Å²) in [6, 6.07) is 8.22. The molecule has 2 aromatic carbocycles. The largest absolute Gasteiger partial charge is 0.494 e. The van der Waals surface area contributed by atoms with E-state index in [4.69, 9.17) is 9.84 Å². The highest BCUT2D eigenvalue weighted by molar-refractivity contribution is 5.75. The number of halogens is 2. The van der Waals surface area contributed by atoms with Gasteiger partial charge in [0, 0.05) is 12.5 Å². The maximum atomic E-state index is 14.2. The second kappa shape index (κ2) is 6.76. The van der Waals surface area contributed by atoms with E-state index in [9.17, 15) is 13.6 Å². The van der Waals surface area contributed by atoms with E-state index < -0.39 is 23.8 Å². The van der Waals surface area contributed by atoms with E-state index in [0.29, 0.717) is 11.3 Å². The summed E-state index contributed by atoms with van der Waals surface area (Å²) in [4.78, 5) is 18.4. The molecule has 0 radical (unpaired) electrons. The molecular weight excluding hydrogens is 332 g/mol. The van der Waals surface area contributed by atoms with Gasteiger partial charge in [-0.05, 0) is 23.8 Å². The van der Waals surface area contributed by atoms with Crippen molar-refractivity contribution in [3.8, 4) is 5.75 Å². The van der Waals surface area contributed by atoms with Gasteiger partial charge in [-0.3, -0.25) is 0 Å². The van der Waals surface area contributed by atoms with Crippen LogP contribution in [0.25, 0.3) is 11.0 Å². The first-order valence-electron chi connectivity index (χ1n) is 7.44. The highest BCUT2D eigenvalue weighted by atomic mass is 19.1. The van der Waals surface area contributed by atoms with Crippen molar-refractivity contribution in [3.05, 3.63) is 59.4 Å². The second-order valence-electron chi connectivity index (χ2n) is 5.42. The summed E-state index contributed by atoms with van der Waals surface area (Å²) in [7, 11) is 1.24. The molecule has 1 unspecified atom stereocenters. The van der Waals surface area contributed by atoms with Gasteiger partial charge in [-0.25, -0.2) is 18.6 Å². The lowest BCUT2D eigenvalue weighted by Crippen LogP contribution is -2.29. The molecule has 6 nitrogen and oxygen atoms in total. The number of para-hydroxylation sites is 2. The predicted molar refractivity (Wildman–Crippen MR) is 86.6 cm³/mol. The molecule has 1 aromatic heterocycles. The van der Waals surface area contributed by atoms with Crippen molar-refractivity contribution in [3.63, 3.8) is 0 Å². The summed E-state index contributed by atoms with van der Waals surface area (Å²) in [5.74, 6) is -1.31. The number of carbonyl (C=O) groups is 1. The SMILES string of the molecule is COc1cc(F)c(CC(NC(=O)O)c2nc3ccccc3[nH]2)cc1F. The van der Waals surface area contributed by atoms with Crippen molar-refractivity contribution in [2.24, 2.45) is 0 Å². The van der Waals surface area contributed by atoms with Gasteiger partial charge >= 0.3 is 6.09 Å². The van der Waals surface area contributed by atoms with Crippen molar-refractivity contribution < 1.29 is 23.4 Å². The monoisotopic (exact) mass is 347 g/mol. The van der Waals surface area contributed by atoms with Crippen LogP contribution in [0, 0.1) is 11.6 Å². The summed E-state index contributed by atoms with van der Waals surface area (Å²) in [6.07, 6.45) is -1.40. The highest BCUT2D eigenvalue weighted by Gasteiger charge is 2.21. The molecule has 3 rings (SSSR count). The predicted octanol–water partition coefficient (Wildman–Crippen LogP) is 3.40. The lowest BCUT2D eigenvalue weighted by Gasteiger charge is -2.16. The average molecular weight is 347 g/mol. The number of rotatable bonds is 5. The number of imidazole rings is 1. The number of H-pyrrole nitrogens is 1. The zero-order valence-electron chi connectivity index (χ0n) is 13.2. The molecule has 0 saturated heterocycles. The number of nitrogens with one attached hydrogen (secondary N) is 2. The zero-order valence-corrected chi connectivity index (χ0v) is 13.2. The molecule has 0 bridgehead atoms. The van der Waals surface area contributed by atoms with Crippen LogP contribution >= 0.6 is 0 Å². The Morgan fingerprint density at radius 2 is 2.08 bits per heavy atom. The molecule has 0 aliphatic heterocycles. The molecule has 8 heteroatoms. The first-order chi connectivity index (χ1) is 12.0. The fourth-order valence-electron chi connectivity index (χ4n) is 2.61. The van der Waals surface area contributed by atoms with Crippen LogP contribution in [0.5, 0.6) is 5.75 Å². The maximum Gasteiger partial charge on any atom is 0.405 e. The Morgan fingerprint density at radius 3 is 2.76 bits per heavy atom. The maximum absolute atomic E-state index is 14.2. The third-order valence-electron chi connectivity index (χ3n) is 3.78. The molecule has 0 aliphatic rings. The quantitative estimate of drug-likeness (QED) is 0.660. The molecule has 0 saturated carbocycles. The fourth-order valence-corrected chi connectivity index (χ4v) is 2.61. The van der Waals surface area contributed by atoms with Crippen molar-refractivity contribution in [2.75, 3.05) is 7.11 Å². The van der Waals surface area contributed by atoms with Gasteiger partial charge in [0.25, 0.3) is 0 Å². The van der Waals surface area contributed by atoms with Crippen molar-refractivity contribution in [1.29, 1.82) is 0 Å². The van der Waals surface area contributed by atoms with Gasteiger partial charge < -0.3 is 20.1 Å². The minimum Gasteiger partial charge on any atom is -0.494 e. The third-order valence-corrected chi connectivity index (χ3v) is 3.78.